The molecule has 0 N–H and O–H groups in total. The van der Waals surface area contributed by atoms with Crippen LogP contribution < -0.4 is 0 Å². The fourth-order valence-corrected chi connectivity index (χ4v) is 0.497. The number of allylic oxidation sites excluding steroid dienone is 3. The molecule has 0 amide bonds. The Labute approximate surface area is 80.8 Å². The van der Waals surface area contributed by atoms with Crippen molar-refractivity contribution in [2.24, 2.45) is 0 Å². The Morgan fingerprint density at radius 3 is 1.54 bits per heavy atom. The van der Waals surface area contributed by atoms with Crippen LogP contribution in [-0.2, 0) is 29.0 Å². The second-order valence-corrected chi connectivity index (χ2v) is 4.33. The van der Waals surface area contributed by atoms with Gasteiger partial charge in [0, 0.05) is 0 Å². The number of carbonyl (C=O) groups excluding carboxylic acids is 3. The van der Waals surface area contributed by atoms with E-state index in [0.29, 0.717) is 0 Å². The van der Waals surface area contributed by atoms with Crippen LogP contribution in [-0.4, -0.2) is 13.4 Å². The average Bonchev–Trinajstić information content (AvgIpc) is 2.08. The van der Waals surface area contributed by atoms with Crippen molar-refractivity contribution in [3.05, 3.63) is 24.3 Å². The molecule has 13 heavy (non-hydrogen) atoms. The number of rotatable bonds is 1. The molecule has 72 valence electrons. The van der Waals surface area contributed by atoms with Gasteiger partial charge in [0.15, 0.2) is 0 Å². The molecule has 0 aromatic rings. The zero-order chi connectivity index (χ0) is 10.7. The van der Waals surface area contributed by atoms with Crippen molar-refractivity contribution in [1.29, 1.82) is 0 Å². The summed E-state index contributed by atoms with van der Waals surface area (Å²) in [6, 6.07) is 0. The van der Waals surface area contributed by atoms with Gasteiger partial charge in [-0.25, -0.2) is 0 Å². The fraction of sp³-hybridized carbons (Fsp3) is 0.222. The van der Waals surface area contributed by atoms with Crippen LogP contribution >= 0.6 is 0 Å². The van der Waals surface area contributed by atoms with E-state index in [4.69, 9.17) is 0 Å². The van der Waals surface area contributed by atoms with Gasteiger partial charge in [0.2, 0.25) is 0 Å². The minimum absolute atomic E-state index is 1.25. The van der Waals surface area contributed by atoms with E-state index in [0.717, 1.165) is 0 Å². The van der Waals surface area contributed by atoms with E-state index in [1.165, 1.54) is 19.0 Å². The van der Waals surface area contributed by atoms with Crippen LogP contribution in [0.4, 0.5) is 0 Å². The summed E-state index contributed by atoms with van der Waals surface area (Å²) >= 11 is -2.62. The SMILES string of the molecule is C=CC=C(C)C.O=[C]=[Ru](=[C]=O)=[C]=O. The normalized spacial score (nSPS) is 6.69. The van der Waals surface area contributed by atoms with Gasteiger partial charge in [-0.1, -0.05) is 24.3 Å². The van der Waals surface area contributed by atoms with Crippen molar-refractivity contribution < 1.29 is 29.0 Å². The third kappa shape index (κ3) is 13.8. The molecule has 0 aliphatic rings. The van der Waals surface area contributed by atoms with Crippen LogP contribution in [0.1, 0.15) is 13.8 Å². The molecular formula is C9H10O3Ru. The van der Waals surface area contributed by atoms with Crippen molar-refractivity contribution in [1.82, 2.24) is 0 Å². The maximum atomic E-state index is 9.38. The molecule has 0 radical (unpaired) electrons. The standard InChI is InChI=1S/C6H10.3CO.Ru/c1-4-5-6(2)3;3*1-2;/h4-5H,1H2,2-3H3;;;;. The third-order valence-electron chi connectivity index (χ3n) is 0.668. The molecule has 0 aliphatic carbocycles. The van der Waals surface area contributed by atoms with Crippen molar-refractivity contribution >= 4 is 13.4 Å². The molecule has 0 saturated carbocycles. The van der Waals surface area contributed by atoms with E-state index in [1.54, 1.807) is 6.08 Å². The molecule has 0 aromatic carbocycles. The van der Waals surface area contributed by atoms with E-state index >= 15 is 0 Å². The van der Waals surface area contributed by atoms with E-state index in [1.807, 2.05) is 19.9 Å². The van der Waals surface area contributed by atoms with Gasteiger partial charge in [0.25, 0.3) is 0 Å². The number of hydrogen-bond acceptors (Lipinski definition) is 3. The first-order valence-electron chi connectivity index (χ1n) is 3.17. The van der Waals surface area contributed by atoms with Crippen molar-refractivity contribution in [2.75, 3.05) is 0 Å². The summed E-state index contributed by atoms with van der Waals surface area (Å²) in [4.78, 5) is 28.1. The summed E-state index contributed by atoms with van der Waals surface area (Å²) in [5.74, 6) is 0. The molecule has 0 rings (SSSR count). The van der Waals surface area contributed by atoms with Crippen molar-refractivity contribution in [2.45, 2.75) is 13.8 Å². The summed E-state index contributed by atoms with van der Waals surface area (Å²) in [5.41, 5.74) is 1.30. The molecule has 0 heterocycles. The molecule has 0 spiro atoms. The molecule has 3 nitrogen and oxygen atoms in total. The summed E-state index contributed by atoms with van der Waals surface area (Å²) < 4.78 is 3.74. The Morgan fingerprint density at radius 2 is 1.54 bits per heavy atom. The molecule has 4 heteroatoms. The predicted molar refractivity (Wildman–Crippen MR) is 46.7 cm³/mol. The van der Waals surface area contributed by atoms with Gasteiger partial charge in [-0.05, 0) is 13.8 Å². The molecule has 0 aliphatic heterocycles. The van der Waals surface area contributed by atoms with Gasteiger partial charge in [-0.2, -0.15) is 0 Å². The molecule has 0 aromatic heterocycles. The second kappa shape index (κ2) is 10.8. The van der Waals surface area contributed by atoms with Crippen LogP contribution in [0.5, 0.6) is 0 Å². The van der Waals surface area contributed by atoms with Gasteiger partial charge in [-0.15, -0.1) is 0 Å². The maximum absolute atomic E-state index is 9.38. The molecule has 0 unspecified atom stereocenters. The van der Waals surface area contributed by atoms with Crippen molar-refractivity contribution in [3.8, 4) is 0 Å². The van der Waals surface area contributed by atoms with Gasteiger partial charge in [-0.3, -0.25) is 0 Å². The molecule has 0 atom stereocenters. The number of hydrogen-bond donors (Lipinski definition) is 0. The van der Waals surface area contributed by atoms with Gasteiger partial charge >= 0.3 is 42.4 Å². The molecule has 0 bridgehead atoms. The first kappa shape index (κ1) is 14.4. The second-order valence-electron chi connectivity index (χ2n) is 1.96. The molecule has 0 fully saturated rings. The Hall–Kier alpha value is -1.16. The molecule has 0 saturated heterocycles. The van der Waals surface area contributed by atoms with Crippen LogP contribution in [0.3, 0.4) is 0 Å². The van der Waals surface area contributed by atoms with E-state index in [-0.39, 0.29) is 0 Å². The van der Waals surface area contributed by atoms with Crippen LogP contribution in [0.15, 0.2) is 24.3 Å². The summed E-state index contributed by atoms with van der Waals surface area (Å²) in [5, 5.41) is 0. The summed E-state index contributed by atoms with van der Waals surface area (Å²) in [6.45, 7) is 7.61. The minimum atomic E-state index is -2.62. The quantitative estimate of drug-likeness (QED) is 0.525. The van der Waals surface area contributed by atoms with Gasteiger partial charge in [0.05, 0.1) is 0 Å². The third-order valence-corrected chi connectivity index (χ3v) is 1.73. The Morgan fingerprint density at radius 1 is 1.15 bits per heavy atom. The Bertz CT molecular complexity index is 347. The monoisotopic (exact) mass is 268 g/mol. The fourth-order valence-electron chi connectivity index (χ4n) is 0.280. The van der Waals surface area contributed by atoms with Crippen LogP contribution in [0.25, 0.3) is 0 Å². The van der Waals surface area contributed by atoms with Gasteiger partial charge < -0.3 is 0 Å². The summed E-state index contributed by atoms with van der Waals surface area (Å²) in [6.07, 6.45) is 3.76. The molecular weight excluding hydrogens is 257 g/mol. The van der Waals surface area contributed by atoms with E-state index < -0.39 is 14.6 Å². The van der Waals surface area contributed by atoms with Crippen LogP contribution in [0.2, 0.25) is 0 Å². The average molecular weight is 267 g/mol. The van der Waals surface area contributed by atoms with Gasteiger partial charge in [0.1, 0.15) is 0 Å². The van der Waals surface area contributed by atoms with Crippen LogP contribution in [0, 0.1) is 0 Å². The van der Waals surface area contributed by atoms with E-state index in [2.05, 4.69) is 6.58 Å². The first-order valence-corrected chi connectivity index (χ1v) is 5.78. The zero-order valence-corrected chi connectivity index (χ0v) is 9.18. The summed E-state index contributed by atoms with van der Waals surface area (Å²) in [7, 11) is 0. The Kier molecular flexibility index (Phi) is 12.0. The topological polar surface area (TPSA) is 51.2 Å². The van der Waals surface area contributed by atoms with Crippen molar-refractivity contribution in [3.63, 3.8) is 0 Å². The first-order chi connectivity index (χ1) is 6.12. The Balaban J connectivity index is 0. The predicted octanol–water partition coefficient (Wildman–Crippen LogP) is 0.945. The van der Waals surface area contributed by atoms with E-state index in [9.17, 15) is 14.4 Å². The zero-order valence-electron chi connectivity index (χ0n) is 7.44.